The fourth-order valence-corrected chi connectivity index (χ4v) is 3.67. The second kappa shape index (κ2) is 7.80. The molecule has 0 radical (unpaired) electrons. The van der Waals surface area contributed by atoms with Gasteiger partial charge in [0.05, 0.1) is 17.1 Å². The Labute approximate surface area is 170 Å². The minimum absolute atomic E-state index is 0.206. The average Bonchev–Trinajstić information content (AvgIpc) is 3.17. The number of carbonyl (C=O) groups is 1. The average molecular weight is 406 g/mol. The number of nitrogens with two attached hydrogens (primary N) is 1. The van der Waals surface area contributed by atoms with Crippen LogP contribution in [0.2, 0.25) is 0 Å². The van der Waals surface area contributed by atoms with Gasteiger partial charge in [-0.2, -0.15) is 5.10 Å². The Kier molecular flexibility index (Phi) is 5.05. The van der Waals surface area contributed by atoms with Crippen LogP contribution < -0.4 is 16.6 Å². The maximum Gasteiger partial charge on any atom is 0.275 e. The van der Waals surface area contributed by atoms with Crippen molar-refractivity contribution in [1.82, 2.24) is 25.3 Å². The van der Waals surface area contributed by atoms with Crippen LogP contribution in [0.3, 0.4) is 0 Å². The molecule has 1 atom stereocenters. The third-order valence-corrected chi connectivity index (χ3v) is 5.35. The second-order valence-electron chi connectivity index (χ2n) is 6.49. The van der Waals surface area contributed by atoms with Gasteiger partial charge in [-0.1, -0.05) is 59.9 Å². The van der Waals surface area contributed by atoms with Crippen LogP contribution in [0.4, 0.5) is 5.13 Å². The van der Waals surface area contributed by atoms with E-state index < -0.39 is 0 Å². The number of aromatic nitrogens is 4. The van der Waals surface area contributed by atoms with Crippen molar-refractivity contribution in [2.75, 3.05) is 5.73 Å². The van der Waals surface area contributed by atoms with E-state index in [4.69, 9.17) is 5.73 Å². The summed E-state index contributed by atoms with van der Waals surface area (Å²) in [7, 11) is 0. The molecule has 146 valence electrons. The molecule has 1 unspecified atom stereocenters. The molecule has 2 aromatic heterocycles. The summed E-state index contributed by atoms with van der Waals surface area (Å²) in [5.41, 5.74) is 6.80. The van der Waals surface area contributed by atoms with Crippen molar-refractivity contribution in [2.45, 2.75) is 19.5 Å². The Hall–Kier alpha value is -3.59. The first-order chi connectivity index (χ1) is 14.0. The molecule has 0 saturated carbocycles. The summed E-state index contributed by atoms with van der Waals surface area (Å²) in [5, 5.41) is 17.2. The fraction of sp³-hybridized carbons (Fsp3) is 0.150. The first-order valence-electron chi connectivity index (χ1n) is 8.96. The van der Waals surface area contributed by atoms with Crippen LogP contribution in [0, 0.1) is 0 Å². The van der Waals surface area contributed by atoms with Crippen LogP contribution in [0.15, 0.2) is 59.4 Å². The standard InChI is InChI=1S/C20H18N6O2S/c1-12(18-23-24-20(21)29-18)22-16(27)11-26-19(28)15-10-6-5-9-14(15)17(25-26)13-7-3-2-4-8-13/h2-10,12H,11H2,1H3,(H2,21,24)(H,22,27). The van der Waals surface area contributed by atoms with Crippen molar-refractivity contribution in [1.29, 1.82) is 0 Å². The van der Waals surface area contributed by atoms with Gasteiger partial charge < -0.3 is 11.1 Å². The van der Waals surface area contributed by atoms with Crippen LogP contribution in [0.5, 0.6) is 0 Å². The Morgan fingerprint density at radius 3 is 2.48 bits per heavy atom. The van der Waals surface area contributed by atoms with E-state index in [-0.39, 0.29) is 24.1 Å². The van der Waals surface area contributed by atoms with Crippen molar-refractivity contribution in [3.05, 3.63) is 70.0 Å². The molecule has 0 saturated heterocycles. The Morgan fingerprint density at radius 1 is 1.10 bits per heavy atom. The molecule has 0 aliphatic rings. The summed E-state index contributed by atoms with van der Waals surface area (Å²) in [4.78, 5) is 25.4. The molecule has 0 bridgehead atoms. The monoisotopic (exact) mass is 406 g/mol. The molecule has 4 rings (SSSR count). The molecule has 0 fully saturated rings. The highest BCUT2D eigenvalue weighted by atomic mass is 32.1. The maximum atomic E-state index is 12.9. The number of rotatable bonds is 5. The van der Waals surface area contributed by atoms with Crippen LogP contribution in [-0.2, 0) is 11.3 Å². The number of fused-ring (bicyclic) bond motifs is 1. The first-order valence-corrected chi connectivity index (χ1v) is 9.78. The maximum absolute atomic E-state index is 12.9. The van der Waals surface area contributed by atoms with Crippen molar-refractivity contribution in [3.8, 4) is 11.3 Å². The molecule has 29 heavy (non-hydrogen) atoms. The Morgan fingerprint density at radius 2 is 1.79 bits per heavy atom. The molecule has 3 N–H and O–H groups in total. The largest absolute Gasteiger partial charge is 0.374 e. The van der Waals surface area contributed by atoms with E-state index in [1.165, 1.54) is 16.0 Å². The van der Waals surface area contributed by atoms with Gasteiger partial charge in [-0.3, -0.25) is 9.59 Å². The number of hydrogen-bond acceptors (Lipinski definition) is 7. The quantitative estimate of drug-likeness (QED) is 0.526. The predicted octanol–water partition coefficient (Wildman–Crippen LogP) is 2.37. The first kappa shape index (κ1) is 18.8. The molecular formula is C20H18N6O2S. The SMILES string of the molecule is CC(NC(=O)Cn1nc(-c2ccccc2)c2ccccc2c1=O)c1nnc(N)s1. The molecule has 0 aliphatic heterocycles. The number of benzene rings is 2. The van der Waals surface area contributed by atoms with Crippen molar-refractivity contribution in [3.63, 3.8) is 0 Å². The van der Waals surface area contributed by atoms with E-state index in [0.717, 1.165) is 10.9 Å². The van der Waals surface area contributed by atoms with E-state index >= 15 is 0 Å². The van der Waals surface area contributed by atoms with Gasteiger partial charge in [-0.25, -0.2) is 4.68 Å². The van der Waals surface area contributed by atoms with Crippen LogP contribution >= 0.6 is 11.3 Å². The molecule has 0 spiro atoms. The van der Waals surface area contributed by atoms with Crippen molar-refractivity contribution in [2.24, 2.45) is 0 Å². The minimum atomic E-state index is -0.373. The zero-order valence-corrected chi connectivity index (χ0v) is 16.4. The molecular weight excluding hydrogens is 388 g/mol. The highest BCUT2D eigenvalue weighted by molar-refractivity contribution is 7.15. The topological polar surface area (TPSA) is 116 Å². The zero-order chi connectivity index (χ0) is 20.4. The van der Waals surface area contributed by atoms with Gasteiger partial charge in [0.25, 0.3) is 5.56 Å². The number of nitrogens with zero attached hydrogens (tertiary/aromatic N) is 4. The summed E-state index contributed by atoms with van der Waals surface area (Å²) >= 11 is 1.21. The van der Waals surface area contributed by atoms with E-state index in [9.17, 15) is 9.59 Å². The summed E-state index contributed by atoms with van der Waals surface area (Å²) in [5.74, 6) is -0.352. The summed E-state index contributed by atoms with van der Waals surface area (Å²) in [6.07, 6.45) is 0. The number of amides is 1. The van der Waals surface area contributed by atoms with Gasteiger partial charge in [-0.05, 0) is 13.0 Å². The lowest BCUT2D eigenvalue weighted by Crippen LogP contribution is -2.35. The Bertz CT molecular complexity index is 1230. The van der Waals surface area contributed by atoms with Crippen molar-refractivity contribution >= 4 is 33.1 Å². The lowest BCUT2D eigenvalue weighted by Gasteiger charge is -2.13. The van der Waals surface area contributed by atoms with Gasteiger partial charge in [0.2, 0.25) is 11.0 Å². The molecule has 2 aromatic carbocycles. The Balaban J connectivity index is 1.68. The van der Waals surface area contributed by atoms with Gasteiger partial charge in [0.1, 0.15) is 11.6 Å². The van der Waals surface area contributed by atoms with Gasteiger partial charge >= 0.3 is 0 Å². The molecule has 0 aliphatic carbocycles. The summed E-state index contributed by atoms with van der Waals surface area (Å²) in [6.45, 7) is 1.58. The zero-order valence-electron chi connectivity index (χ0n) is 15.6. The molecule has 1 amide bonds. The number of anilines is 1. The second-order valence-corrected chi connectivity index (χ2v) is 7.53. The number of nitrogens with one attached hydrogen (secondary N) is 1. The highest BCUT2D eigenvalue weighted by Gasteiger charge is 2.17. The van der Waals surface area contributed by atoms with E-state index in [1.807, 2.05) is 42.5 Å². The third-order valence-electron chi connectivity index (χ3n) is 4.41. The highest BCUT2D eigenvalue weighted by Crippen LogP contribution is 2.24. The lowest BCUT2D eigenvalue weighted by molar-refractivity contribution is -0.122. The third kappa shape index (κ3) is 3.85. The smallest absolute Gasteiger partial charge is 0.275 e. The minimum Gasteiger partial charge on any atom is -0.374 e. The molecule has 8 nitrogen and oxygen atoms in total. The molecule has 9 heteroatoms. The van der Waals surface area contributed by atoms with Gasteiger partial charge in [-0.15, -0.1) is 10.2 Å². The molecule has 2 heterocycles. The van der Waals surface area contributed by atoms with Gasteiger partial charge in [0.15, 0.2) is 0 Å². The summed E-state index contributed by atoms with van der Waals surface area (Å²) < 4.78 is 1.20. The van der Waals surface area contributed by atoms with E-state index in [0.29, 0.717) is 21.2 Å². The van der Waals surface area contributed by atoms with E-state index in [1.54, 1.807) is 19.1 Å². The normalized spacial score (nSPS) is 12.0. The number of nitrogen functional groups attached to an aromatic ring is 1. The van der Waals surface area contributed by atoms with Crippen LogP contribution in [0.1, 0.15) is 18.0 Å². The number of hydrogen-bond donors (Lipinski definition) is 2. The predicted molar refractivity (Wildman–Crippen MR) is 112 cm³/mol. The molecule has 4 aromatic rings. The van der Waals surface area contributed by atoms with Crippen LogP contribution in [0.25, 0.3) is 22.0 Å². The van der Waals surface area contributed by atoms with Crippen LogP contribution in [-0.4, -0.2) is 25.9 Å². The summed E-state index contributed by atoms with van der Waals surface area (Å²) in [6, 6.07) is 16.5. The van der Waals surface area contributed by atoms with Gasteiger partial charge in [0, 0.05) is 10.9 Å². The van der Waals surface area contributed by atoms with E-state index in [2.05, 4.69) is 20.6 Å². The number of carbonyl (C=O) groups excluding carboxylic acids is 1. The fourth-order valence-electron chi connectivity index (χ4n) is 3.06. The lowest BCUT2D eigenvalue weighted by atomic mass is 10.1. The van der Waals surface area contributed by atoms with Crippen molar-refractivity contribution < 1.29 is 4.79 Å².